The molecule has 0 atom stereocenters. The maximum atomic E-state index is 13.8. The third kappa shape index (κ3) is 4.51. The van der Waals surface area contributed by atoms with E-state index in [1.54, 1.807) is 30.3 Å². The summed E-state index contributed by atoms with van der Waals surface area (Å²) in [6, 6.07) is 12.0. The Labute approximate surface area is 191 Å². The lowest BCUT2D eigenvalue weighted by Gasteiger charge is -2.26. The zero-order chi connectivity index (χ0) is 23.0. The second-order valence-electron chi connectivity index (χ2n) is 8.31. The Morgan fingerprint density at radius 2 is 2.00 bits per heavy atom. The summed E-state index contributed by atoms with van der Waals surface area (Å²) in [5, 5.41) is 3.64. The van der Waals surface area contributed by atoms with Crippen molar-refractivity contribution in [2.24, 2.45) is 0 Å². The number of nitrogens with zero attached hydrogens (tertiary/aromatic N) is 1. The van der Waals surface area contributed by atoms with E-state index in [-0.39, 0.29) is 23.5 Å². The summed E-state index contributed by atoms with van der Waals surface area (Å²) < 4.78 is 47.6. The molecule has 2 aliphatic rings. The van der Waals surface area contributed by atoms with Crippen LogP contribution in [0.15, 0.2) is 48.5 Å². The van der Waals surface area contributed by atoms with Crippen LogP contribution in [-0.2, 0) is 26.0 Å². The van der Waals surface area contributed by atoms with Gasteiger partial charge < -0.3 is 14.6 Å². The first-order valence-electron chi connectivity index (χ1n) is 10.9. The number of carbonyl (C=O) groups excluding carboxylic acids is 1. The number of sulfonamides is 1. The van der Waals surface area contributed by atoms with Gasteiger partial charge in [0.2, 0.25) is 15.9 Å². The molecule has 1 aromatic heterocycles. The number of hydrogen-bond acceptors (Lipinski definition) is 4. The normalized spacial score (nSPS) is 18.2. The molecule has 3 aromatic rings. The molecule has 7 nitrogen and oxygen atoms in total. The van der Waals surface area contributed by atoms with Crippen LogP contribution in [0.25, 0.3) is 17.0 Å². The van der Waals surface area contributed by atoms with E-state index in [2.05, 4.69) is 14.6 Å². The van der Waals surface area contributed by atoms with Crippen LogP contribution in [0.4, 0.5) is 15.8 Å². The second kappa shape index (κ2) is 8.64. The average Bonchev–Trinajstić information content (AvgIpc) is 3.15. The summed E-state index contributed by atoms with van der Waals surface area (Å²) in [5.41, 5.74) is 3.58. The summed E-state index contributed by atoms with van der Waals surface area (Å²) in [6.07, 6.45) is 5.21. The number of carbonyl (C=O) groups is 1. The van der Waals surface area contributed by atoms with Crippen molar-refractivity contribution < 1.29 is 22.3 Å². The van der Waals surface area contributed by atoms with Gasteiger partial charge in [-0.05, 0) is 61.7 Å². The second-order valence-corrected chi connectivity index (χ2v) is 10.2. The van der Waals surface area contributed by atoms with Crippen molar-refractivity contribution >= 4 is 44.3 Å². The largest absolute Gasteiger partial charge is 0.381 e. The number of aromatic nitrogens is 1. The molecular formula is C24H24FN3O4S. The molecule has 1 fully saturated rings. The highest BCUT2D eigenvalue weighted by Crippen LogP contribution is 2.32. The van der Waals surface area contributed by atoms with Crippen molar-refractivity contribution in [3.05, 3.63) is 65.6 Å². The fourth-order valence-electron chi connectivity index (χ4n) is 4.57. The van der Waals surface area contributed by atoms with E-state index < -0.39 is 10.0 Å². The van der Waals surface area contributed by atoms with Crippen molar-refractivity contribution in [2.75, 3.05) is 29.0 Å². The van der Waals surface area contributed by atoms with Gasteiger partial charge in [-0.3, -0.25) is 9.52 Å². The Balaban J connectivity index is 1.42. The number of fused-ring (bicyclic) bond motifs is 2. The Kier molecular flexibility index (Phi) is 5.67. The van der Waals surface area contributed by atoms with Gasteiger partial charge in [0.1, 0.15) is 5.82 Å². The van der Waals surface area contributed by atoms with Crippen molar-refractivity contribution in [1.82, 2.24) is 4.57 Å². The molecule has 0 radical (unpaired) electrons. The number of benzene rings is 2. The van der Waals surface area contributed by atoms with Crippen LogP contribution in [0.1, 0.15) is 30.1 Å². The first kappa shape index (κ1) is 21.7. The van der Waals surface area contributed by atoms with Crippen LogP contribution in [0.2, 0.25) is 0 Å². The summed E-state index contributed by atoms with van der Waals surface area (Å²) >= 11 is 0. The zero-order valence-electron chi connectivity index (χ0n) is 17.9. The van der Waals surface area contributed by atoms with Gasteiger partial charge in [0.15, 0.2) is 0 Å². The van der Waals surface area contributed by atoms with Crippen LogP contribution in [0.3, 0.4) is 0 Å². The molecule has 33 heavy (non-hydrogen) atoms. The predicted octanol–water partition coefficient (Wildman–Crippen LogP) is 4.08. The summed E-state index contributed by atoms with van der Waals surface area (Å²) in [4.78, 5) is 12.7. The molecule has 0 saturated carbocycles. The molecule has 9 heteroatoms. The van der Waals surface area contributed by atoms with Gasteiger partial charge >= 0.3 is 0 Å². The number of amides is 1. The van der Waals surface area contributed by atoms with Crippen LogP contribution >= 0.6 is 0 Å². The highest BCUT2D eigenvalue weighted by molar-refractivity contribution is 7.92. The Morgan fingerprint density at radius 3 is 2.82 bits per heavy atom. The van der Waals surface area contributed by atoms with Crippen molar-refractivity contribution in [3.8, 4) is 0 Å². The molecule has 5 rings (SSSR count). The fraction of sp³-hybridized carbons (Fsp3) is 0.292. The van der Waals surface area contributed by atoms with Crippen molar-refractivity contribution in [2.45, 2.75) is 25.3 Å². The number of rotatable bonds is 4. The predicted molar refractivity (Wildman–Crippen MR) is 126 cm³/mol. The minimum atomic E-state index is -3.33. The van der Waals surface area contributed by atoms with E-state index in [0.29, 0.717) is 31.0 Å². The molecule has 2 N–H and O–H groups in total. The van der Waals surface area contributed by atoms with Crippen LogP contribution in [-0.4, -0.2) is 37.9 Å². The van der Waals surface area contributed by atoms with Gasteiger partial charge in [-0.15, -0.1) is 0 Å². The monoisotopic (exact) mass is 469 g/mol. The van der Waals surface area contributed by atoms with E-state index in [9.17, 15) is 17.6 Å². The van der Waals surface area contributed by atoms with Crippen LogP contribution in [0, 0.1) is 5.82 Å². The smallest absolute Gasteiger partial charge is 0.248 e. The van der Waals surface area contributed by atoms with E-state index in [4.69, 9.17) is 4.74 Å². The minimum Gasteiger partial charge on any atom is -0.381 e. The van der Waals surface area contributed by atoms with Crippen LogP contribution in [0.5, 0.6) is 0 Å². The molecule has 172 valence electrons. The van der Waals surface area contributed by atoms with Gasteiger partial charge in [-0.1, -0.05) is 6.07 Å². The lowest BCUT2D eigenvalue weighted by atomic mass is 10.1. The van der Waals surface area contributed by atoms with E-state index in [1.807, 2.05) is 6.07 Å². The number of anilines is 2. The van der Waals surface area contributed by atoms with Gasteiger partial charge in [0.05, 0.1) is 11.4 Å². The summed E-state index contributed by atoms with van der Waals surface area (Å²) in [5.74, 6) is -0.652. The molecule has 1 saturated heterocycles. The molecule has 2 aliphatic heterocycles. The van der Waals surface area contributed by atoms with E-state index in [1.165, 1.54) is 18.2 Å². The molecule has 0 spiro atoms. The lowest BCUT2D eigenvalue weighted by Crippen LogP contribution is -2.25. The minimum absolute atomic E-state index is 0.0233. The van der Waals surface area contributed by atoms with Crippen LogP contribution < -0.4 is 10.0 Å². The maximum absolute atomic E-state index is 13.8. The Bertz CT molecular complexity index is 1360. The molecule has 1 amide bonds. The number of hydrogen-bond donors (Lipinski definition) is 2. The molecule has 0 aliphatic carbocycles. The number of halogens is 1. The highest BCUT2D eigenvalue weighted by atomic mass is 32.2. The van der Waals surface area contributed by atoms with Crippen molar-refractivity contribution in [3.63, 3.8) is 0 Å². The fourth-order valence-corrected chi connectivity index (χ4v) is 5.67. The Morgan fingerprint density at radius 1 is 1.18 bits per heavy atom. The molecule has 3 heterocycles. The average molecular weight is 470 g/mol. The van der Waals surface area contributed by atoms with Gasteiger partial charge in [-0.25, -0.2) is 12.8 Å². The highest BCUT2D eigenvalue weighted by Gasteiger charge is 2.23. The summed E-state index contributed by atoms with van der Waals surface area (Å²) in [6.45, 7) is 1.33. The maximum Gasteiger partial charge on any atom is 0.248 e. The van der Waals surface area contributed by atoms with E-state index in [0.717, 1.165) is 35.0 Å². The zero-order valence-corrected chi connectivity index (χ0v) is 18.7. The Hall–Kier alpha value is -3.17. The lowest BCUT2D eigenvalue weighted by molar-refractivity contribution is -0.111. The topological polar surface area (TPSA) is 89.4 Å². The third-order valence-corrected chi connectivity index (χ3v) is 7.38. The molecule has 2 aromatic carbocycles. The number of ether oxygens (including phenoxy) is 1. The summed E-state index contributed by atoms with van der Waals surface area (Å²) in [7, 11) is -3.33. The van der Waals surface area contributed by atoms with Crippen molar-refractivity contribution in [1.29, 1.82) is 0 Å². The third-order valence-electron chi connectivity index (χ3n) is 6.11. The van der Waals surface area contributed by atoms with Gasteiger partial charge in [-0.2, -0.15) is 0 Å². The van der Waals surface area contributed by atoms with Gasteiger partial charge in [0, 0.05) is 53.2 Å². The molecular weight excluding hydrogens is 445 g/mol. The quantitative estimate of drug-likeness (QED) is 0.564. The van der Waals surface area contributed by atoms with E-state index >= 15 is 0 Å². The standard InChI is InChI=1S/C24H24FN3O4S/c25-17-4-6-23-16(14-17)15-19(28(23)18-8-11-32-12-9-18)5-7-24(29)26-21-2-1-3-22-20(21)10-13-33(30,31)27-22/h1-7,14-15,18,27H,8-13H2,(H,26,29)/b7-5+. The SMILES string of the molecule is O=C(/C=C/c1cc2cc(F)ccc2n1C1CCOCC1)Nc1cccc2c1CCS(=O)(=O)N2. The molecule has 0 bridgehead atoms. The molecule has 0 unspecified atom stereocenters. The first-order valence-corrected chi connectivity index (χ1v) is 12.5. The van der Waals surface area contributed by atoms with Gasteiger partial charge in [0.25, 0.3) is 0 Å². The first-order chi connectivity index (χ1) is 15.9. The number of nitrogens with one attached hydrogen (secondary N) is 2.